The van der Waals surface area contributed by atoms with E-state index in [0.717, 1.165) is 102 Å². The molecule has 12 heteroatoms. The summed E-state index contributed by atoms with van der Waals surface area (Å²) in [5.74, 6) is 1.12. The minimum absolute atomic E-state index is 0.0183. The molecule has 5 heterocycles. The van der Waals surface area contributed by atoms with Crippen LogP contribution in [0.15, 0.2) is 100 Å². The number of pyridine rings is 1. The Hall–Kier alpha value is -5.27. The van der Waals surface area contributed by atoms with Crippen LogP contribution in [0.3, 0.4) is 0 Å². The molecule has 4 N–H and O–H groups in total. The SMILES string of the molecule is CC(C)(C)[Si](C)(C)O[C@H](CNCc1ccc2nc(CCCCc3ccc(-c4ccccc4)c(N(C(=O)O)[C@H]4CN5CCC4CC5)c3)oc2c1)c1ccc(O)c2[nH]c(=O)ccc12. The van der Waals surface area contributed by atoms with Crippen LogP contribution >= 0.6 is 0 Å². The third kappa shape index (κ3) is 9.33. The second kappa shape index (κ2) is 17.6. The van der Waals surface area contributed by atoms with Crippen molar-refractivity contribution in [3.05, 3.63) is 124 Å². The Morgan fingerprint density at radius 3 is 2.46 bits per heavy atom. The van der Waals surface area contributed by atoms with E-state index in [1.165, 1.54) is 6.07 Å². The molecule has 3 aliphatic heterocycles. The number of aromatic hydroxyl groups is 1. The number of H-pyrrole nitrogens is 1. The minimum Gasteiger partial charge on any atom is -0.506 e. The van der Waals surface area contributed by atoms with Gasteiger partial charge >= 0.3 is 6.09 Å². The first-order chi connectivity index (χ1) is 29.2. The van der Waals surface area contributed by atoms with Gasteiger partial charge in [0.05, 0.1) is 23.3 Å². The first-order valence-corrected chi connectivity index (χ1v) is 24.7. The van der Waals surface area contributed by atoms with Crippen molar-refractivity contribution >= 4 is 42.1 Å². The van der Waals surface area contributed by atoms with Gasteiger partial charge in [0.25, 0.3) is 0 Å². The number of aryl methyl sites for hydroxylation is 2. The quantitative estimate of drug-likeness (QED) is 0.0587. The van der Waals surface area contributed by atoms with Crippen LogP contribution < -0.4 is 15.8 Å². The highest BCUT2D eigenvalue weighted by Crippen LogP contribution is 2.42. The number of nitrogens with one attached hydrogen (secondary N) is 2. The Kier molecular flexibility index (Phi) is 12.2. The number of carboxylic acid groups (broad SMARTS) is 1. The van der Waals surface area contributed by atoms with Crippen molar-refractivity contribution in [2.24, 2.45) is 5.92 Å². The van der Waals surface area contributed by atoms with Gasteiger partial charge in [-0.1, -0.05) is 75.4 Å². The summed E-state index contributed by atoms with van der Waals surface area (Å²) in [6.07, 6.45) is 4.21. The molecule has 320 valence electrons. The maximum atomic E-state index is 13.0. The molecule has 0 radical (unpaired) electrons. The number of anilines is 1. The molecule has 0 spiro atoms. The highest BCUT2D eigenvalue weighted by molar-refractivity contribution is 6.74. The number of amides is 1. The maximum absolute atomic E-state index is 13.0. The van der Waals surface area contributed by atoms with Gasteiger partial charge in [-0.2, -0.15) is 0 Å². The van der Waals surface area contributed by atoms with Crippen LogP contribution in [0.2, 0.25) is 18.1 Å². The predicted molar refractivity (Wildman–Crippen MR) is 245 cm³/mol. The maximum Gasteiger partial charge on any atom is 0.412 e. The second-order valence-corrected chi connectivity index (χ2v) is 23.2. The first-order valence-electron chi connectivity index (χ1n) is 21.8. The number of aromatic nitrogens is 2. The number of benzene rings is 4. The summed E-state index contributed by atoms with van der Waals surface area (Å²) in [6.45, 7) is 15.1. The number of nitrogens with zero attached hydrogens (tertiary/aromatic N) is 3. The standard InChI is InChI=1S/C49H59N5O6Si/c1-49(2,3)61(4,5)60-44(37-18-21-42(55)47-38(37)19-22-45(56)52-47)30-50-29-33-16-20-39-43(28-33)59-46(51-39)14-10-9-11-32-15-17-36(34-12-7-6-8-13-34)40(27-32)54(48(57)58)41-31-53-25-23-35(41)24-26-53/h6-8,12-13,15-22,27-28,35,41,44,50,55H,9-11,14,23-26,29-31H2,1-5H3,(H,52,56)(H,57,58)/t41-,44+/m0/s1. The summed E-state index contributed by atoms with van der Waals surface area (Å²) in [4.78, 5) is 36.8. The molecule has 4 aromatic carbocycles. The Morgan fingerprint density at radius 1 is 0.984 bits per heavy atom. The second-order valence-electron chi connectivity index (χ2n) is 18.5. The van der Waals surface area contributed by atoms with Gasteiger partial charge in [0, 0.05) is 43.1 Å². The largest absolute Gasteiger partial charge is 0.506 e. The van der Waals surface area contributed by atoms with Gasteiger partial charge in [-0.15, -0.1) is 0 Å². The lowest BCUT2D eigenvalue weighted by Crippen LogP contribution is -2.59. The Balaban J connectivity index is 0.921. The van der Waals surface area contributed by atoms with E-state index in [2.05, 4.69) is 85.5 Å². The Morgan fingerprint density at radius 2 is 1.74 bits per heavy atom. The third-order valence-corrected chi connectivity index (χ3v) is 17.8. The fourth-order valence-corrected chi connectivity index (χ4v) is 10.2. The van der Waals surface area contributed by atoms with Crippen molar-refractivity contribution in [3.8, 4) is 16.9 Å². The number of rotatable bonds is 15. The van der Waals surface area contributed by atoms with E-state index < -0.39 is 14.4 Å². The van der Waals surface area contributed by atoms with Gasteiger partial charge in [0.2, 0.25) is 5.56 Å². The molecule has 2 bridgehead atoms. The average molecular weight is 842 g/mol. The number of carbonyl (C=O) groups is 1. The molecule has 0 aliphatic carbocycles. The van der Waals surface area contributed by atoms with E-state index in [4.69, 9.17) is 13.8 Å². The number of aromatic amines is 1. The lowest BCUT2D eigenvalue weighted by molar-refractivity contribution is 0.0837. The Bertz CT molecular complexity index is 2560. The number of fused-ring (bicyclic) bond motifs is 5. The zero-order valence-electron chi connectivity index (χ0n) is 36.0. The molecule has 3 fully saturated rings. The number of piperidine rings is 3. The molecule has 11 nitrogen and oxygen atoms in total. The summed E-state index contributed by atoms with van der Waals surface area (Å²) in [5.41, 5.74) is 7.57. The van der Waals surface area contributed by atoms with Gasteiger partial charge < -0.3 is 34.3 Å². The molecule has 2 aromatic heterocycles. The van der Waals surface area contributed by atoms with Crippen molar-refractivity contribution in [2.75, 3.05) is 31.1 Å². The lowest BCUT2D eigenvalue weighted by atomic mass is 9.82. The summed E-state index contributed by atoms with van der Waals surface area (Å²) < 4.78 is 13.3. The van der Waals surface area contributed by atoms with Crippen LogP contribution in [0, 0.1) is 5.92 Å². The summed E-state index contributed by atoms with van der Waals surface area (Å²) in [6, 6.07) is 29.3. The van der Waals surface area contributed by atoms with Crippen LogP contribution in [-0.2, 0) is 23.8 Å². The third-order valence-electron chi connectivity index (χ3n) is 13.3. The predicted octanol–water partition coefficient (Wildman–Crippen LogP) is 10.0. The molecule has 2 atom stereocenters. The number of hydrogen-bond acceptors (Lipinski definition) is 8. The number of oxazole rings is 1. The number of phenolic OH excluding ortho intramolecular Hbond substituents is 1. The van der Waals surface area contributed by atoms with Crippen molar-refractivity contribution in [1.82, 2.24) is 20.2 Å². The number of hydrogen-bond donors (Lipinski definition) is 4. The molecular weight excluding hydrogens is 783 g/mol. The van der Waals surface area contributed by atoms with Crippen molar-refractivity contribution in [1.29, 1.82) is 0 Å². The van der Waals surface area contributed by atoms with Crippen LogP contribution in [0.5, 0.6) is 5.75 Å². The van der Waals surface area contributed by atoms with Crippen molar-refractivity contribution in [3.63, 3.8) is 0 Å². The van der Waals surface area contributed by atoms with Crippen LogP contribution in [-0.4, -0.2) is 71.7 Å². The number of phenols is 1. The first kappa shape index (κ1) is 42.4. The van der Waals surface area contributed by atoms with Crippen molar-refractivity contribution < 1.29 is 23.9 Å². The zero-order chi connectivity index (χ0) is 42.9. The topological polar surface area (TPSA) is 144 Å². The molecular formula is C49H59N5O6Si. The molecule has 61 heavy (non-hydrogen) atoms. The molecule has 3 aliphatic rings. The number of unbranched alkanes of at least 4 members (excludes halogenated alkanes) is 1. The summed E-state index contributed by atoms with van der Waals surface area (Å²) >= 11 is 0. The van der Waals surface area contributed by atoms with E-state index in [1.54, 1.807) is 17.0 Å². The van der Waals surface area contributed by atoms with Gasteiger partial charge in [0.15, 0.2) is 19.8 Å². The molecule has 3 saturated heterocycles. The lowest BCUT2D eigenvalue weighted by Gasteiger charge is -2.48. The fourth-order valence-electron chi connectivity index (χ4n) is 8.92. The highest BCUT2D eigenvalue weighted by Gasteiger charge is 2.41. The van der Waals surface area contributed by atoms with Crippen LogP contribution in [0.4, 0.5) is 10.5 Å². The molecule has 0 unspecified atom stereocenters. The van der Waals surface area contributed by atoms with Crippen LogP contribution in [0.25, 0.3) is 33.1 Å². The van der Waals surface area contributed by atoms with E-state index in [1.807, 2.05) is 36.4 Å². The van der Waals surface area contributed by atoms with E-state index in [9.17, 15) is 19.8 Å². The fraction of sp³-hybridized carbons (Fsp3) is 0.408. The van der Waals surface area contributed by atoms with Gasteiger partial charge in [-0.3, -0.25) is 9.69 Å². The van der Waals surface area contributed by atoms with Gasteiger partial charge in [-0.25, -0.2) is 9.78 Å². The van der Waals surface area contributed by atoms with Crippen molar-refractivity contribution in [2.45, 2.75) is 96.1 Å². The van der Waals surface area contributed by atoms with Crippen LogP contribution in [0.1, 0.15) is 75.1 Å². The minimum atomic E-state index is -2.22. The molecule has 9 rings (SSSR count). The van der Waals surface area contributed by atoms with E-state index >= 15 is 0 Å². The molecule has 0 saturated carbocycles. The summed E-state index contributed by atoms with van der Waals surface area (Å²) in [5, 5.41) is 25.6. The normalized spacial score (nSPS) is 18.5. The molecule has 6 aromatic rings. The van der Waals surface area contributed by atoms with Gasteiger partial charge in [0.1, 0.15) is 11.3 Å². The summed E-state index contributed by atoms with van der Waals surface area (Å²) in [7, 11) is -2.22. The van der Waals surface area contributed by atoms with E-state index in [-0.39, 0.29) is 28.5 Å². The highest BCUT2D eigenvalue weighted by atomic mass is 28.4. The monoisotopic (exact) mass is 841 g/mol. The average Bonchev–Trinajstić information content (AvgIpc) is 3.65. The zero-order valence-corrected chi connectivity index (χ0v) is 37.0. The molecule has 1 amide bonds. The van der Waals surface area contributed by atoms with E-state index in [0.29, 0.717) is 36.8 Å². The Labute approximate surface area is 358 Å². The smallest absolute Gasteiger partial charge is 0.412 e. The van der Waals surface area contributed by atoms with Gasteiger partial charge in [-0.05, 0) is 122 Å².